The van der Waals surface area contributed by atoms with Gasteiger partial charge in [-0.1, -0.05) is 71.2 Å². The van der Waals surface area contributed by atoms with Crippen LogP contribution in [0.2, 0.25) is 20.1 Å². The van der Waals surface area contributed by atoms with Gasteiger partial charge in [0.05, 0.1) is 19.8 Å². The number of rotatable bonds is 9. The van der Waals surface area contributed by atoms with Gasteiger partial charge >= 0.3 is 0 Å². The first kappa shape index (κ1) is 24.8. The summed E-state index contributed by atoms with van der Waals surface area (Å²) in [5.41, 5.74) is -0.0951. The van der Waals surface area contributed by atoms with Gasteiger partial charge in [0.25, 0.3) is 0 Å². The molecule has 0 radical (unpaired) electrons. The van der Waals surface area contributed by atoms with E-state index >= 15 is 0 Å². The number of halogens is 4. The van der Waals surface area contributed by atoms with E-state index in [-0.39, 0.29) is 19.8 Å². The van der Waals surface area contributed by atoms with Crippen LogP contribution in [0.25, 0.3) is 0 Å². The van der Waals surface area contributed by atoms with Crippen molar-refractivity contribution >= 4 is 46.4 Å². The molecule has 0 amide bonds. The van der Waals surface area contributed by atoms with Crippen molar-refractivity contribution in [1.82, 2.24) is 0 Å². The first-order chi connectivity index (χ1) is 14.8. The van der Waals surface area contributed by atoms with Crippen LogP contribution < -0.4 is 0 Å². The second kappa shape index (κ2) is 10.8. The molecule has 1 aliphatic heterocycles. The quantitative estimate of drug-likeness (QED) is 0.442. The molecule has 0 aliphatic carbocycles. The zero-order valence-electron chi connectivity index (χ0n) is 16.7. The minimum atomic E-state index is -1.58. The monoisotopic (exact) mass is 506 g/mol. The average Bonchev–Trinajstić information content (AvgIpc) is 3.00. The molecule has 5 nitrogen and oxygen atoms in total. The average molecular weight is 508 g/mol. The third kappa shape index (κ3) is 5.74. The molecule has 4 atom stereocenters. The maximum atomic E-state index is 11.1. The van der Waals surface area contributed by atoms with E-state index in [0.29, 0.717) is 25.7 Å². The number of benzene rings is 2. The molecule has 9 heteroatoms. The molecule has 31 heavy (non-hydrogen) atoms. The molecular weight excluding hydrogens is 486 g/mol. The lowest BCUT2D eigenvalue weighted by atomic mass is 9.95. The van der Waals surface area contributed by atoms with Gasteiger partial charge in [0.15, 0.2) is 11.9 Å². The largest absolute Gasteiger partial charge is 0.378 e. The van der Waals surface area contributed by atoms with Crippen LogP contribution in [0.15, 0.2) is 49.1 Å². The summed E-state index contributed by atoms with van der Waals surface area (Å²) in [5.74, 6) is 0. The van der Waals surface area contributed by atoms with Gasteiger partial charge in [-0.25, -0.2) is 0 Å². The smallest absolute Gasteiger partial charge is 0.192 e. The van der Waals surface area contributed by atoms with E-state index in [4.69, 9.17) is 65.4 Å². The summed E-state index contributed by atoms with van der Waals surface area (Å²) >= 11 is 24.3. The SMILES string of the molecule is C=C[C@]1(O)[C@@H](OC)O[C@H](COCc2ccc(Cl)cc2Cl)[C@H]1OCc1ccc(Cl)cc1Cl. The Kier molecular flexibility index (Phi) is 8.66. The fraction of sp³-hybridized carbons (Fsp3) is 0.364. The predicted octanol–water partition coefficient (Wildman–Crippen LogP) is 5.69. The Morgan fingerprint density at radius 2 is 1.61 bits per heavy atom. The summed E-state index contributed by atoms with van der Waals surface area (Å²) in [5, 5.41) is 13.2. The molecule has 0 bridgehead atoms. The van der Waals surface area contributed by atoms with Gasteiger partial charge in [-0.2, -0.15) is 0 Å². The third-order valence-electron chi connectivity index (χ3n) is 5.00. The van der Waals surface area contributed by atoms with E-state index in [1.807, 2.05) is 0 Å². The number of hydrogen-bond acceptors (Lipinski definition) is 5. The Bertz CT molecular complexity index is 925. The summed E-state index contributed by atoms with van der Waals surface area (Å²) in [6.45, 7) is 4.20. The van der Waals surface area contributed by atoms with Crippen LogP contribution in [0.4, 0.5) is 0 Å². The molecule has 2 aromatic carbocycles. The Morgan fingerprint density at radius 3 is 2.13 bits per heavy atom. The Balaban J connectivity index is 1.71. The lowest BCUT2D eigenvalue weighted by Crippen LogP contribution is -2.49. The molecule has 1 fully saturated rings. The van der Waals surface area contributed by atoms with Crippen molar-refractivity contribution in [3.63, 3.8) is 0 Å². The Hall–Kier alpha value is -0.860. The fourth-order valence-corrected chi connectivity index (χ4v) is 4.26. The third-order valence-corrected chi connectivity index (χ3v) is 6.17. The van der Waals surface area contributed by atoms with Crippen LogP contribution in [-0.4, -0.2) is 42.9 Å². The van der Waals surface area contributed by atoms with Gasteiger partial charge < -0.3 is 24.1 Å². The number of ether oxygens (including phenoxy) is 4. The summed E-state index contributed by atoms with van der Waals surface area (Å²) in [4.78, 5) is 0. The fourth-order valence-electron chi connectivity index (χ4n) is 3.34. The van der Waals surface area contributed by atoms with E-state index in [0.717, 1.165) is 5.56 Å². The van der Waals surface area contributed by atoms with Crippen molar-refractivity contribution in [2.45, 2.75) is 37.3 Å². The zero-order chi connectivity index (χ0) is 22.6. The molecule has 3 rings (SSSR count). The van der Waals surface area contributed by atoms with Crippen LogP contribution in [0.1, 0.15) is 11.1 Å². The normalized spacial score (nSPS) is 25.7. The van der Waals surface area contributed by atoms with Crippen molar-refractivity contribution in [1.29, 1.82) is 0 Å². The highest BCUT2D eigenvalue weighted by atomic mass is 35.5. The van der Waals surface area contributed by atoms with Gasteiger partial charge in [-0.3, -0.25) is 0 Å². The summed E-state index contributed by atoms with van der Waals surface area (Å²) in [6, 6.07) is 10.3. The van der Waals surface area contributed by atoms with Crippen molar-refractivity contribution in [3.05, 3.63) is 80.3 Å². The lowest BCUT2D eigenvalue weighted by molar-refractivity contribution is -0.179. The van der Waals surface area contributed by atoms with Crippen molar-refractivity contribution < 1.29 is 24.1 Å². The highest BCUT2D eigenvalue weighted by Gasteiger charge is 2.55. The highest BCUT2D eigenvalue weighted by molar-refractivity contribution is 6.35. The molecule has 0 unspecified atom stereocenters. The van der Waals surface area contributed by atoms with Crippen LogP contribution >= 0.6 is 46.4 Å². The molecule has 0 aromatic heterocycles. The summed E-state index contributed by atoms with van der Waals surface area (Å²) in [7, 11) is 1.43. The predicted molar refractivity (Wildman–Crippen MR) is 122 cm³/mol. The Morgan fingerprint density at radius 1 is 1.03 bits per heavy atom. The minimum absolute atomic E-state index is 0.119. The molecule has 2 aromatic rings. The zero-order valence-corrected chi connectivity index (χ0v) is 19.7. The second-order valence-corrected chi connectivity index (χ2v) is 8.74. The van der Waals surface area contributed by atoms with Gasteiger partial charge in [0, 0.05) is 27.2 Å². The molecule has 1 saturated heterocycles. The van der Waals surface area contributed by atoms with Gasteiger partial charge in [0.2, 0.25) is 0 Å². The molecule has 168 valence electrons. The van der Waals surface area contributed by atoms with Crippen LogP contribution in [0, 0.1) is 0 Å². The topological polar surface area (TPSA) is 57.2 Å². The molecule has 1 heterocycles. The first-order valence-corrected chi connectivity index (χ1v) is 10.9. The molecule has 1 aliphatic rings. The number of aliphatic hydroxyl groups is 1. The lowest BCUT2D eigenvalue weighted by Gasteiger charge is -2.30. The van der Waals surface area contributed by atoms with E-state index in [9.17, 15) is 5.11 Å². The van der Waals surface area contributed by atoms with Crippen molar-refractivity contribution in [2.75, 3.05) is 13.7 Å². The van der Waals surface area contributed by atoms with Crippen LogP contribution in [0.5, 0.6) is 0 Å². The van der Waals surface area contributed by atoms with Crippen molar-refractivity contribution in [2.24, 2.45) is 0 Å². The van der Waals surface area contributed by atoms with Gasteiger partial charge in [0.1, 0.15) is 12.2 Å². The number of methoxy groups -OCH3 is 1. The van der Waals surface area contributed by atoms with Crippen molar-refractivity contribution in [3.8, 4) is 0 Å². The maximum absolute atomic E-state index is 11.1. The second-order valence-electron chi connectivity index (χ2n) is 7.05. The minimum Gasteiger partial charge on any atom is -0.378 e. The molecule has 0 spiro atoms. The summed E-state index contributed by atoms with van der Waals surface area (Å²) < 4.78 is 23.0. The Labute approximate surface area is 201 Å². The maximum Gasteiger partial charge on any atom is 0.192 e. The molecule has 0 saturated carbocycles. The van der Waals surface area contributed by atoms with E-state index in [2.05, 4.69) is 6.58 Å². The van der Waals surface area contributed by atoms with E-state index < -0.39 is 24.1 Å². The standard InChI is InChI=1S/C22H22Cl4O5/c1-3-22(27)20(30-11-14-5-7-16(24)9-18(14)26)19(31-21(22)28-2)12-29-10-13-4-6-15(23)8-17(13)25/h3-9,19-21,27H,1,10-12H2,2H3/t19-,20-,21+,22-/m1/s1. The van der Waals surface area contributed by atoms with Crippen LogP contribution in [-0.2, 0) is 32.2 Å². The molecule has 1 N–H and O–H groups in total. The van der Waals surface area contributed by atoms with Gasteiger partial charge in [-0.05, 0) is 35.4 Å². The van der Waals surface area contributed by atoms with E-state index in [1.165, 1.54) is 13.2 Å². The van der Waals surface area contributed by atoms with Gasteiger partial charge in [-0.15, -0.1) is 0 Å². The molecular formula is C22H22Cl4O5. The van der Waals surface area contributed by atoms with E-state index in [1.54, 1.807) is 36.4 Å². The summed E-state index contributed by atoms with van der Waals surface area (Å²) in [6.07, 6.45) is -1.07. The highest BCUT2D eigenvalue weighted by Crippen LogP contribution is 2.36. The van der Waals surface area contributed by atoms with Crippen LogP contribution in [0.3, 0.4) is 0 Å². The number of hydrogen-bond donors (Lipinski definition) is 1. The first-order valence-electron chi connectivity index (χ1n) is 9.40.